The summed E-state index contributed by atoms with van der Waals surface area (Å²) >= 11 is 0. The summed E-state index contributed by atoms with van der Waals surface area (Å²) in [5.74, 6) is -3.65. The Hall–Kier alpha value is -3.97. The number of hydrogen-bond donors (Lipinski definition) is 2. The number of ether oxygens (including phenoxy) is 1. The normalized spacial score (nSPS) is 12.1. The molecule has 3 rings (SSSR count). The lowest BCUT2D eigenvalue weighted by atomic mass is 10.2. The van der Waals surface area contributed by atoms with E-state index in [1.807, 2.05) is 0 Å². The molecule has 0 spiro atoms. The first-order chi connectivity index (χ1) is 15.4. The van der Waals surface area contributed by atoms with Gasteiger partial charge in [-0.1, -0.05) is 0 Å². The van der Waals surface area contributed by atoms with E-state index in [9.17, 15) is 35.1 Å². The predicted molar refractivity (Wildman–Crippen MR) is 101 cm³/mol. The third-order valence-electron chi connectivity index (χ3n) is 3.77. The number of benzene rings is 2. The summed E-state index contributed by atoms with van der Waals surface area (Å²) in [6.07, 6.45) is -7.91. The Labute approximate surface area is 179 Å². The zero-order valence-corrected chi connectivity index (χ0v) is 16.0. The molecule has 3 aromatic rings. The van der Waals surface area contributed by atoms with Gasteiger partial charge in [0.2, 0.25) is 5.95 Å². The van der Waals surface area contributed by atoms with Crippen LogP contribution in [0.2, 0.25) is 0 Å². The van der Waals surface area contributed by atoms with Crippen LogP contribution in [0, 0.1) is 11.6 Å². The van der Waals surface area contributed by atoms with Gasteiger partial charge in [-0.2, -0.15) is 23.3 Å². The van der Waals surface area contributed by atoms with Crippen LogP contribution in [0.1, 0.15) is 11.1 Å². The van der Waals surface area contributed by atoms with Gasteiger partial charge in [-0.15, -0.1) is 13.2 Å². The Kier molecular flexibility index (Phi) is 6.65. The fourth-order valence-corrected chi connectivity index (χ4v) is 2.38. The van der Waals surface area contributed by atoms with E-state index in [-0.39, 0.29) is 11.6 Å². The van der Waals surface area contributed by atoms with Crippen LogP contribution < -0.4 is 15.5 Å². The van der Waals surface area contributed by atoms with Gasteiger partial charge in [-0.05, 0) is 48.0 Å². The third-order valence-corrected chi connectivity index (χ3v) is 3.77. The molecular weight excluding hydrogens is 466 g/mol. The van der Waals surface area contributed by atoms with Crippen LogP contribution in [0.3, 0.4) is 0 Å². The highest BCUT2D eigenvalue weighted by atomic mass is 19.4. The third kappa shape index (κ3) is 6.75. The van der Waals surface area contributed by atoms with Crippen molar-refractivity contribution in [2.24, 2.45) is 5.10 Å². The first-order valence-electron chi connectivity index (χ1n) is 8.72. The van der Waals surface area contributed by atoms with Crippen molar-refractivity contribution < 1.29 is 39.9 Å². The number of hydrogen-bond acceptors (Lipinski definition) is 6. The largest absolute Gasteiger partial charge is 0.573 e. The summed E-state index contributed by atoms with van der Waals surface area (Å²) in [4.78, 5) is 7.31. The van der Waals surface area contributed by atoms with Gasteiger partial charge in [0.05, 0.1) is 18.0 Å². The second-order valence-corrected chi connectivity index (χ2v) is 6.19. The minimum absolute atomic E-state index is 0.203. The van der Waals surface area contributed by atoms with Crippen LogP contribution in [-0.2, 0) is 6.18 Å². The summed E-state index contributed by atoms with van der Waals surface area (Å²) in [5, 5.41) is 6.08. The van der Waals surface area contributed by atoms with Crippen molar-refractivity contribution in [2.75, 3.05) is 10.7 Å². The van der Waals surface area contributed by atoms with Gasteiger partial charge in [0.25, 0.3) is 0 Å². The summed E-state index contributed by atoms with van der Waals surface area (Å²) < 4.78 is 106. The minimum atomic E-state index is -4.93. The maximum atomic E-state index is 13.9. The zero-order chi connectivity index (χ0) is 24.2. The Morgan fingerprint density at radius 3 is 2.24 bits per heavy atom. The highest BCUT2D eigenvalue weighted by Crippen LogP contribution is 2.33. The molecule has 174 valence electrons. The predicted octanol–water partition coefficient (Wildman–Crippen LogP) is 5.86. The molecular formula is C19H11F8N5O. The molecule has 0 unspecified atom stereocenters. The lowest BCUT2D eigenvalue weighted by Crippen LogP contribution is -2.17. The number of hydrazone groups is 1. The highest BCUT2D eigenvalue weighted by molar-refractivity contribution is 5.80. The number of rotatable bonds is 6. The number of nitrogens with zero attached hydrogens (tertiary/aromatic N) is 3. The number of halogens is 8. The van der Waals surface area contributed by atoms with Gasteiger partial charge in [0.1, 0.15) is 11.6 Å². The summed E-state index contributed by atoms with van der Waals surface area (Å²) in [6.45, 7) is 0. The van der Waals surface area contributed by atoms with Crippen LogP contribution in [0.25, 0.3) is 0 Å². The second-order valence-electron chi connectivity index (χ2n) is 6.19. The van der Waals surface area contributed by atoms with Gasteiger partial charge >= 0.3 is 12.5 Å². The number of anilines is 3. The molecule has 0 aliphatic heterocycles. The molecule has 14 heteroatoms. The molecule has 0 aliphatic rings. The fourth-order valence-electron chi connectivity index (χ4n) is 2.38. The van der Waals surface area contributed by atoms with Gasteiger partial charge in [0.15, 0.2) is 11.6 Å². The molecule has 2 aromatic carbocycles. The van der Waals surface area contributed by atoms with Crippen LogP contribution >= 0.6 is 0 Å². The van der Waals surface area contributed by atoms with Crippen LogP contribution in [-0.4, -0.2) is 22.5 Å². The molecule has 0 amide bonds. The number of aromatic nitrogens is 2. The number of alkyl halides is 6. The number of nitrogens with one attached hydrogen (secondary N) is 2. The standard InChI is InChI=1S/C19H11F8N5O/c20-14-6-3-11(7-13(14)18(22,23)24)30-17-28-9-15(21)16(31-17)32-29-8-10-1-4-12(5-2-10)33-19(25,26)27/h1-9H,(H2,28,30,31,32)/b29-8-. The Morgan fingerprint density at radius 2 is 1.61 bits per heavy atom. The van der Waals surface area contributed by atoms with Gasteiger partial charge in [0, 0.05) is 5.69 Å². The molecule has 0 saturated carbocycles. The molecule has 0 atom stereocenters. The average molecular weight is 477 g/mol. The minimum Gasteiger partial charge on any atom is -0.406 e. The first kappa shape index (κ1) is 23.7. The van der Waals surface area contributed by atoms with E-state index in [0.717, 1.165) is 24.4 Å². The van der Waals surface area contributed by atoms with Crippen molar-refractivity contribution in [1.29, 1.82) is 0 Å². The lowest BCUT2D eigenvalue weighted by Gasteiger charge is -2.11. The maximum Gasteiger partial charge on any atom is 0.573 e. The first-order valence-corrected chi connectivity index (χ1v) is 8.72. The molecule has 33 heavy (non-hydrogen) atoms. The van der Waals surface area contributed by atoms with E-state index >= 15 is 0 Å². The van der Waals surface area contributed by atoms with Crippen molar-refractivity contribution in [3.8, 4) is 5.75 Å². The van der Waals surface area contributed by atoms with E-state index in [0.29, 0.717) is 23.9 Å². The summed E-state index contributed by atoms with van der Waals surface area (Å²) in [5.41, 5.74) is 0.854. The quantitative estimate of drug-likeness (QED) is 0.264. The Morgan fingerprint density at radius 1 is 0.909 bits per heavy atom. The molecule has 6 nitrogen and oxygen atoms in total. The molecule has 0 radical (unpaired) electrons. The fraction of sp³-hybridized carbons (Fsp3) is 0.105. The Balaban J connectivity index is 1.70. The van der Waals surface area contributed by atoms with Crippen molar-refractivity contribution in [1.82, 2.24) is 9.97 Å². The van der Waals surface area contributed by atoms with Crippen LogP contribution in [0.4, 0.5) is 52.6 Å². The molecule has 1 heterocycles. The molecule has 0 saturated heterocycles. The average Bonchev–Trinajstić information content (AvgIpc) is 2.71. The summed E-state index contributed by atoms with van der Waals surface area (Å²) in [7, 11) is 0. The molecule has 2 N–H and O–H groups in total. The smallest absolute Gasteiger partial charge is 0.406 e. The lowest BCUT2D eigenvalue weighted by molar-refractivity contribution is -0.274. The molecule has 0 aliphatic carbocycles. The van der Waals surface area contributed by atoms with E-state index in [2.05, 4.69) is 30.5 Å². The van der Waals surface area contributed by atoms with E-state index in [4.69, 9.17) is 0 Å². The van der Waals surface area contributed by atoms with Crippen molar-refractivity contribution in [2.45, 2.75) is 12.5 Å². The van der Waals surface area contributed by atoms with Crippen molar-refractivity contribution in [3.63, 3.8) is 0 Å². The summed E-state index contributed by atoms with van der Waals surface area (Å²) in [6, 6.07) is 6.70. The molecule has 1 aromatic heterocycles. The molecule has 0 bridgehead atoms. The zero-order valence-electron chi connectivity index (χ0n) is 16.0. The molecule has 0 fully saturated rings. The van der Waals surface area contributed by atoms with E-state index < -0.39 is 41.3 Å². The highest BCUT2D eigenvalue weighted by Gasteiger charge is 2.34. The topological polar surface area (TPSA) is 71.4 Å². The van der Waals surface area contributed by atoms with Gasteiger partial charge < -0.3 is 10.1 Å². The van der Waals surface area contributed by atoms with Gasteiger partial charge in [-0.25, -0.2) is 13.8 Å². The SMILES string of the molecule is Fc1ccc(Nc2ncc(F)c(N/N=C\c3ccc(OC(F)(F)F)cc3)n2)cc1C(F)(F)F. The van der Waals surface area contributed by atoms with Gasteiger partial charge in [-0.3, -0.25) is 5.43 Å². The van der Waals surface area contributed by atoms with E-state index in [1.165, 1.54) is 12.1 Å². The van der Waals surface area contributed by atoms with Crippen LogP contribution in [0.5, 0.6) is 5.75 Å². The van der Waals surface area contributed by atoms with Crippen molar-refractivity contribution >= 4 is 23.7 Å². The van der Waals surface area contributed by atoms with Crippen LogP contribution in [0.15, 0.2) is 53.8 Å². The van der Waals surface area contributed by atoms with Crippen molar-refractivity contribution in [3.05, 3.63) is 71.4 Å². The van der Waals surface area contributed by atoms with E-state index in [1.54, 1.807) is 0 Å². The Bertz CT molecular complexity index is 1150. The second kappa shape index (κ2) is 9.26. The maximum absolute atomic E-state index is 13.9. The monoisotopic (exact) mass is 477 g/mol.